The van der Waals surface area contributed by atoms with Crippen LogP contribution in [-0.2, 0) is 6.54 Å². The number of aromatic nitrogens is 1. The Morgan fingerprint density at radius 1 is 1.40 bits per heavy atom. The zero-order chi connectivity index (χ0) is 14.5. The highest BCUT2D eigenvalue weighted by Crippen LogP contribution is 2.23. The third-order valence-corrected chi connectivity index (χ3v) is 3.29. The highest BCUT2D eigenvalue weighted by atomic mass is 35.5. The number of nitrogens with one attached hydrogen (secondary N) is 1. The average Bonchev–Trinajstić information content (AvgIpc) is 2.46. The standard InChI is InChI=1S/C14H14ClN3OS/c1-19-13-5-2-9(8-18-13)7-17-12-4-3-10(14(16)20)6-11(12)15/h2-6,8,17H,7H2,1H3,(H2,16,20). The van der Waals surface area contributed by atoms with Crippen molar-refractivity contribution >= 4 is 34.5 Å². The molecule has 0 fully saturated rings. The molecule has 0 spiro atoms. The number of benzene rings is 1. The molecule has 0 saturated carbocycles. The smallest absolute Gasteiger partial charge is 0.212 e. The summed E-state index contributed by atoms with van der Waals surface area (Å²) in [4.78, 5) is 4.47. The van der Waals surface area contributed by atoms with E-state index in [0.717, 1.165) is 16.8 Å². The van der Waals surface area contributed by atoms with Crippen molar-refractivity contribution in [3.63, 3.8) is 0 Å². The number of halogens is 1. The second-order valence-corrected chi connectivity index (χ2v) is 4.97. The van der Waals surface area contributed by atoms with Crippen LogP contribution < -0.4 is 15.8 Å². The molecule has 6 heteroatoms. The maximum Gasteiger partial charge on any atom is 0.212 e. The van der Waals surface area contributed by atoms with Crippen LogP contribution in [0.3, 0.4) is 0 Å². The van der Waals surface area contributed by atoms with Crippen molar-refractivity contribution in [2.45, 2.75) is 6.54 Å². The number of methoxy groups -OCH3 is 1. The quantitative estimate of drug-likeness (QED) is 0.832. The lowest BCUT2D eigenvalue weighted by molar-refractivity contribution is 0.397. The van der Waals surface area contributed by atoms with Crippen LogP contribution in [-0.4, -0.2) is 17.1 Å². The van der Waals surface area contributed by atoms with Gasteiger partial charge in [-0.1, -0.05) is 29.9 Å². The molecule has 4 nitrogen and oxygen atoms in total. The topological polar surface area (TPSA) is 60.2 Å². The van der Waals surface area contributed by atoms with E-state index < -0.39 is 0 Å². The summed E-state index contributed by atoms with van der Waals surface area (Å²) in [6.45, 7) is 0.614. The minimum Gasteiger partial charge on any atom is -0.481 e. The van der Waals surface area contributed by atoms with Crippen molar-refractivity contribution < 1.29 is 4.74 Å². The van der Waals surface area contributed by atoms with Gasteiger partial charge in [-0.05, 0) is 23.8 Å². The van der Waals surface area contributed by atoms with E-state index in [9.17, 15) is 0 Å². The number of ether oxygens (including phenoxy) is 1. The van der Waals surface area contributed by atoms with Gasteiger partial charge in [-0.25, -0.2) is 4.98 Å². The summed E-state index contributed by atoms with van der Waals surface area (Å²) in [5.74, 6) is 0.590. The summed E-state index contributed by atoms with van der Waals surface area (Å²) in [5.41, 5.74) is 8.16. The maximum absolute atomic E-state index is 6.17. The predicted octanol–water partition coefficient (Wildman–Crippen LogP) is 2.99. The van der Waals surface area contributed by atoms with E-state index in [1.165, 1.54) is 0 Å². The van der Waals surface area contributed by atoms with Crippen molar-refractivity contribution in [2.75, 3.05) is 12.4 Å². The minimum absolute atomic E-state index is 0.331. The number of rotatable bonds is 5. The first kappa shape index (κ1) is 14.6. The number of nitrogens with two attached hydrogens (primary N) is 1. The number of hydrogen-bond donors (Lipinski definition) is 2. The van der Waals surface area contributed by atoms with E-state index >= 15 is 0 Å². The van der Waals surface area contributed by atoms with Crippen molar-refractivity contribution in [3.05, 3.63) is 52.7 Å². The van der Waals surface area contributed by atoms with Gasteiger partial charge in [-0.3, -0.25) is 0 Å². The summed E-state index contributed by atoms with van der Waals surface area (Å²) in [5, 5.41) is 3.82. The van der Waals surface area contributed by atoms with Crippen molar-refractivity contribution in [2.24, 2.45) is 5.73 Å². The Labute approximate surface area is 127 Å². The molecule has 0 amide bonds. The Balaban J connectivity index is 2.04. The van der Waals surface area contributed by atoms with Crippen LogP contribution in [0.15, 0.2) is 36.5 Å². The van der Waals surface area contributed by atoms with Gasteiger partial charge in [0, 0.05) is 24.4 Å². The van der Waals surface area contributed by atoms with Crippen LogP contribution in [0.5, 0.6) is 5.88 Å². The second-order valence-electron chi connectivity index (χ2n) is 4.12. The van der Waals surface area contributed by atoms with Crippen LogP contribution in [0, 0.1) is 0 Å². The fourth-order valence-corrected chi connectivity index (χ4v) is 2.02. The summed E-state index contributed by atoms with van der Waals surface area (Å²) in [6.07, 6.45) is 1.75. The molecule has 0 radical (unpaired) electrons. The van der Waals surface area contributed by atoms with E-state index in [1.54, 1.807) is 19.4 Å². The van der Waals surface area contributed by atoms with Gasteiger partial charge in [0.2, 0.25) is 5.88 Å². The first-order valence-electron chi connectivity index (χ1n) is 5.92. The van der Waals surface area contributed by atoms with E-state index in [0.29, 0.717) is 22.4 Å². The van der Waals surface area contributed by atoms with Gasteiger partial charge >= 0.3 is 0 Å². The van der Waals surface area contributed by atoms with Crippen molar-refractivity contribution in [1.29, 1.82) is 0 Å². The van der Waals surface area contributed by atoms with Crippen LogP contribution in [0.2, 0.25) is 5.02 Å². The monoisotopic (exact) mass is 307 g/mol. The number of hydrogen-bond acceptors (Lipinski definition) is 4. The van der Waals surface area contributed by atoms with Gasteiger partial charge in [-0.2, -0.15) is 0 Å². The largest absolute Gasteiger partial charge is 0.481 e. The molecule has 1 aromatic heterocycles. The molecule has 0 atom stereocenters. The molecule has 2 aromatic rings. The third-order valence-electron chi connectivity index (χ3n) is 2.74. The Morgan fingerprint density at radius 3 is 2.75 bits per heavy atom. The van der Waals surface area contributed by atoms with E-state index in [4.69, 9.17) is 34.3 Å². The average molecular weight is 308 g/mol. The molecule has 104 valence electrons. The van der Waals surface area contributed by atoms with Crippen LogP contribution in [0.4, 0.5) is 5.69 Å². The Morgan fingerprint density at radius 2 is 2.20 bits per heavy atom. The first-order chi connectivity index (χ1) is 9.60. The molecule has 0 aliphatic rings. The molecule has 20 heavy (non-hydrogen) atoms. The van der Waals surface area contributed by atoms with Crippen LogP contribution in [0.25, 0.3) is 0 Å². The molecule has 1 heterocycles. The molecule has 0 aliphatic heterocycles. The lowest BCUT2D eigenvalue weighted by Crippen LogP contribution is -2.09. The summed E-state index contributed by atoms with van der Waals surface area (Å²) >= 11 is 11.1. The lowest BCUT2D eigenvalue weighted by Gasteiger charge is -2.10. The number of anilines is 1. The zero-order valence-electron chi connectivity index (χ0n) is 10.9. The molecule has 3 N–H and O–H groups in total. The maximum atomic E-state index is 6.17. The predicted molar refractivity (Wildman–Crippen MR) is 85.5 cm³/mol. The van der Waals surface area contributed by atoms with E-state index in [-0.39, 0.29) is 0 Å². The van der Waals surface area contributed by atoms with E-state index in [1.807, 2.05) is 24.3 Å². The molecule has 2 rings (SSSR count). The molecule has 0 saturated heterocycles. The number of nitrogens with zero attached hydrogens (tertiary/aromatic N) is 1. The van der Waals surface area contributed by atoms with Crippen molar-refractivity contribution in [1.82, 2.24) is 4.98 Å². The molecular formula is C14H14ClN3OS. The minimum atomic E-state index is 0.331. The van der Waals surface area contributed by atoms with Gasteiger partial charge in [-0.15, -0.1) is 0 Å². The Bertz CT molecular complexity index is 616. The molecule has 0 unspecified atom stereocenters. The summed E-state index contributed by atoms with van der Waals surface area (Å²) in [6, 6.07) is 9.19. The lowest BCUT2D eigenvalue weighted by atomic mass is 10.2. The SMILES string of the molecule is COc1ccc(CNc2ccc(C(N)=S)cc2Cl)cn1. The molecular weight excluding hydrogens is 294 g/mol. The van der Waals surface area contributed by atoms with Gasteiger partial charge in [0.25, 0.3) is 0 Å². The zero-order valence-corrected chi connectivity index (χ0v) is 12.5. The van der Waals surface area contributed by atoms with Gasteiger partial charge in [0.15, 0.2) is 0 Å². The number of pyridine rings is 1. The normalized spacial score (nSPS) is 10.1. The molecule has 0 aliphatic carbocycles. The van der Waals surface area contributed by atoms with Crippen LogP contribution in [0.1, 0.15) is 11.1 Å². The summed E-state index contributed by atoms with van der Waals surface area (Å²) in [7, 11) is 1.59. The molecule has 1 aromatic carbocycles. The Kier molecular flexibility index (Phi) is 4.76. The highest BCUT2D eigenvalue weighted by molar-refractivity contribution is 7.80. The number of thiocarbonyl (C=S) groups is 1. The van der Waals surface area contributed by atoms with Crippen LogP contribution >= 0.6 is 23.8 Å². The molecule has 0 bridgehead atoms. The highest BCUT2D eigenvalue weighted by Gasteiger charge is 2.04. The fraction of sp³-hybridized carbons (Fsp3) is 0.143. The first-order valence-corrected chi connectivity index (χ1v) is 6.71. The van der Waals surface area contributed by atoms with Gasteiger partial charge < -0.3 is 15.8 Å². The second kappa shape index (κ2) is 6.54. The van der Waals surface area contributed by atoms with Gasteiger partial charge in [0.05, 0.1) is 17.8 Å². The van der Waals surface area contributed by atoms with Gasteiger partial charge in [0.1, 0.15) is 4.99 Å². The summed E-state index contributed by atoms with van der Waals surface area (Å²) < 4.78 is 5.01. The van der Waals surface area contributed by atoms with Crippen molar-refractivity contribution in [3.8, 4) is 5.88 Å². The van der Waals surface area contributed by atoms with E-state index in [2.05, 4.69) is 10.3 Å². The third kappa shape index (κ3) is 3.59. The fourth-order valence-electron chi connectivity index (χ4n) is 1.65. The Hall–Kier alpha value is -1.85.